The molecule has 1 N–H and O–H groups in total. The fourth-order valence-corrected chi connectivity index (χ4v) is 1.89. The van der Waals surface area contributed by atoms with Crippen molar-refractivity contribution in [2.75, 3.05) is 6.61 Å². The highest BCUT2D eigenvalue weighted by atomic mass is 16.3. The molecule has 0 bridgehead atoms. The lowest BCUT2D eigenvalue weighted by Crippen LogP contribution is -2.01. The molecule has 0 saturated heterocycles. The molecule has 1 heterocycles. The maximum absolute atomic E-state index is 8.97. The lowest BCUT2D eigenvalue weighted by Gasteiger charge is -2.07. The standard InChI is InChI=1S/C15H18N2O/c1-10-4-5-13(8-11(10)2)14-9-12(3)16-15(17-14)6-7-18/h4-5,8-9,18H,6-7H2,1-3H3. The zero-order valence-electron chi connectivity index (χ0n) is 11.1. The number of aromatic nitrogens is 2. The van der Waals surface area contributed by atoms with Crippen molar-refractivity contribution in [2.45, 2.75) is 27.2 Å². The van der Waals surface area contributed by atoms with E-state index < -0.39 is 0 Å². The predicted octanol–water partition coefficient (Wildman–Crippen LogP) is 2.60. The summed E-state index contributed by atoms with van der Waals surface area (Å²) in [4.78, 5) is 8.81. The predicted molar refractivity (Wildman–Crippen MR) is 72.5 cm³/mol. The Bertz CT molecular complexity index is 564. The van der Waals surface area contributed by atoms with Gasteiger partial charge in [0.15, 0.2) is 0 Å². The average molecular weight is 242 g/mol. The van der Waals surface area contributed by atoms with Gasteiger partial charge in [0, 0.05) is 17.7 Å². The fraction of sp³-hybridized carbons (Fsp3) is 0.333. The number of nitrogens with zero attached hydrogens (tertiary/aromatic N) is 2. The van der Waals surface area contributed by atoms with Crippen LogP contribution in [0.1, 0.15) is 22.6 Å². The van der Waals surface area contributed by atoms with Gasteiger partial charge in [0.25, 0.3) is 0 Å². The van der Waals surface area contributed by atoms with Crippen molar-refractivity contribution in [3.8, 4) is 11.3 Å². The highest BCUT2D eigenvalue weighted by Gasteiger charge is 2.05. The molecule has 0 saturated carbocycles. The molecule has 1 aromatic heterocycles. The molecule has 2 aromatic rings. The van der Waals surface area contributed by atoms with E-state index in [9.17, 15) is 0 Å². The van der Waals surface area contributed by atoms with Gasteiger partial charge in [-0.1, -0.05) is 12.1 Å². The van der Waals surface area contributed by atoms with Gasteiger partial charge < -0.3 is 5.11 Å². The second-order valence-corrected chi connectivity index (χ2v) is 4.58. The molecule has 2 rings (SSSR count). The summed E-state index contributed by atoms with van der Waals surface area (Å²) in [5.74, 6) is 0.700. The van der Waals surface area contributed by atoms with Gasteiger partial charge in [0.1, 0.15) is 5.82 Å². The van der Waals surface area contributed by atoms with Crippen molar-refractivity contribution in [3.05, 3.63) is 46.9 Å². The highest BCUT2D eigenvalue weighted by molar-refractivity contribution is 5.61. The summed E-state index contributed by atoms with van der Waals surface area (Å²) in [6.07, 6.45) is 0.500. The summed E-state index contributed by atoms with van der Waals surface area (Å²) in [7, 11) is 0. The Balaban J connectivity index is 2.46. The summed E-state index contributed by atoms with van der Waals surface area (Å²) < 4.78 is 0. The quantitative estimate of drug-likeness (QED) is 0.900. The number of aliphatic hydroxyl groups is 1. The van der Waals surface area contributed by atoms with E-state index in [1.165, 1.54) is 11.1 Å². The molecular weight excluding hydrogens is 224 g/mol. The number of benzene rings is 1. The molecule has 0 fully saturated rings. The molecule has 0 aliphatic heterocycles. The topological polar surface area (TPSA) is 46.0 Å². The smallest absolute Gasteiger partial charge is 0.131 e. The van der Waals surface area contributed by atoms with Crippen molar-refractivity contribution in [1.29, 1.82) is 0 Å². The van der Waals surface area contributed by atoms with E-state index in [2.05, 4.69) is 42.0 Å². The van der Waals surface area contributed by atoms with Crippen LogP contribution in [0.3, 0.4) is 0 Å². The summed E-state index contributed by atoms with van der Waals surface area (Å²) in [5, 5.41) is 8.97. The van der Waals surface area contributed by atoms with Crippen LogP contribution in [0.25, 0.3) is 11.3 Å². The molecule has 3 heteroatoms. The van der Waals surface area contributed by atoms with Gasteiger partial charge in [0.05, 0.1) is 12.3 Å². The SMILES string of the molecule is Cc1cc(-c2ccc(C)c(C)c2)nc(CCO)n1. The van der Waals surface area contributed by atoms with Gasteiger partial charge in [-0.15, -0.1) is 0 Å². The van der Waals surface area contributed by atoms with Crippen LogP contribution in [-0.2, 0) is 6.42 Å². The molecule has 18 heavy (non-hydrogen) atoms. The Morgan fingerprint density at radius 2 is 1.78 bits per heavy atom. The molecule has 0 spiro atoms. The van der Waals surface area contributed by atoms with E-state index in [0.717, 1.165) is 17.0 Å². The maximum Gasteiger partial charge on any atom is 0.131 e. The van der Waals surface area contributed by atoms with E-state index in [0.29, 0.717) is 12.2 Å². The summed E-state index contributed by atoms with van der Waals surface area (Å²) in [6.45, 7) is 6.23. The zero-order valence-corrected chi connectivity index (χ0v) is 11.1. The van der Waals surface area contributed by atoms with Crippen molar-refractivity contribution in [1.82, 2.24) is 9.97 Å². The molecule has 0 aliphatic rings. The summed E-state index contributed by atoms with van der Waals surface area (Å²) in [6, 6.07) is 8.30. The first-order chi connectivity index (χ1) is 8.60. The van der Waals surface area contributed by atoms with E-state index in [1.807, 2.05) is 13.0 Å². The van der Waals surface area contributed by atoms with E-state index in [1.54, 1.807) is 0 Å². The molecule has 0 radical (unpaired) electrons. The number of aryl methyl sites for hydroxylation is 3. The summed E-state index contributed by atoms with van der Waals surface area (Å²) >= 11 is 0. The first-order valence-corrected chi connectivity index (χ1v) is 6.13. The Morgan fingerprint density at radius 3 is 2.44 bits per heavy atom. The van der Waals surface area contributed by atoms with Crippen LogP contribution >= 0.6 is 0 Å². The normalized spacial score (nSPS) is 10.7. The van der Waals surface area contributed by atoms with Crippen LogP contribution in [0.5, 0.6) is 0 Å². The zero-order chi connectivity index (χ0) is 13.1. The second-order valence-electron chi connectivity index (χ2n) is 4.58. The molecule has 1 aromatic carbocycles. The minimum atomic E-state index is 0.0792. The van der Waals surface area contributed by atoms with Gasteiger partial charge in [-0.05, 0) is 44.0 Å². The Morgan fingerprint density at radius 1 is 1.00 bits per heavy atom. The largest absolute Gasteiger partial charge is 0.396 e. The average Bonchev–Trinajstić information content (AvgIpc) is 2.32. The first kappa shape index (κ1) is 12.7. The van der Waals surface area contributed by atoms with Gasteiger partial charge in [0.2, 0.25) is 0 Å². The molecule has 94 valence electrons. The number of aliphatic hydroxyl groups excluding tert-OH is 1. The van der Waals surface area contributed by atoms with Gasteiger partial charge in [-0.3, -0.25) is 0 Å². The molecular formula is C15H18N2O. The van der Waals surface area contributed by atoms with E-state index in [-0.39, 0.29) is 6.61 Å². The molecule has 0 atom stereocenters. The second kappa shape index (κ2) is 5.27. The lowest BCUT2D eigenvalue weighted by molar-refractivity contribution is 0.296. The van der Waals surface area contributed by atoms with Crippen LogP contribution in [0.15, 0.2) is 24.3 Å². The van der Waals surface area contributed by atoms with Crippen LogP contribution in [0.4, 0.5) is 0 Å². The fourth-order valence-electron chi connectivity index (χ4n) is 1.89. The number of hydrogen-bond donors (Lipinski definition) is 1. The minimum absolute atomic E-state index is 0.0792. The summed E-state index contributed by atoms with van der Waals surface area (Å²) in [5.41, 5.74) is 5.49. The third-order valence-electron chi connectivity index (χ3n) is 3.04. The van der Waals surface area contributed by atoms with Crippen molar-refractivity contribution in [3.63, 3.8) is 0 Å². The third kappa shape index (κ3) is 2.74. The minimum Gasteiger partial charge on any atom is -0.396 e. The van der Waals surface area contributed by atoms with Crippen molar-refractivity contribution < 1.29 is 5.11 Å². The van der Waals surface area contributed by atoms with Gasteiger partial charge >= 0.3 is 0 Å². The molecule has 3 nitrogen and oxygen atoms in total. The number of hydrogen-bond acceptors (Lipinski definition) is 3. The maximum atomic E-state index is 8.97. The van der Waals surface area contributed by atoms with Gasteiger partial charge in [-0.25, -0.2) is 9.97 Å². The molecule has 0 aliphatic carbocycles. The monoisotopic (exact) mass is 242 g/mol. The van der Waals surface area contributed by atoms with Gasteiger partial charge in [-0.2, -0.15) is 0 Å². The first-order valence-electron chi connectivity index (χ1n) is 6.13. The van der Waals surface area contributed by atoms with Crippen LogP contribution in [0.2, 0.25) is 0 Å². The Kier molecular flexibility index (Phi) is 3.72. The van der Waals surface area contributed by atoms with Crippen molar-refractivity contribution in [2.24, 2.45) is 0 Å². The van der Waals surface area contributed by atoms with Crippen LogP contribution in [-0.4, -0.2) is 21.7 Å². The Labute approximate surface area is 108 Å². The number of rotatable bonds is 3. The molecule has 0 amide bonds. The third-order valence-corrected chi connectivity index (χ3v) is 3.04. The van der Waals surface area contributed by atoms with Crippen LogP contribution in [0, 0.1) is 20.8 Å². The van der Waals surface area contributed by atoms with E-state index >= 15 is 0 Å². The lowest BCUT2D eigenvalue weighted by atomic mass is 10.0. The Hall–Kier alpha value is -1.74. The molecule has 0 unspecified atom stereocenters. The van der Waals surface area contributed by atoms with Crippen LogP contribution < -0.4 is 0 Å². The van der Waals surface area contributed by atoms with Crippen molar-refractivity contribution >= 4 is 0 Å². The highest BCUT2D eigenvalue weighted by Crippen LogP contribution is 2.21. The van der Waals surface area contributed by atoms with E-state index in [4.69, 9.17) is 5.11 Å².